The topological polar surface area (TPSA) is 71.8 Å². The number of amides is 2. The maximum Gasteiger partial charge on any atom is 0.290 e. The van der Waals surface area contributed by atoms with Crippen molar-refractivity contribution in [2.45, 2.75) is 45.8 Å². The van der Waals surface area contributed by atoms with Crippen LogP contribution in [0.2, 0.25) is 0 Å². The predicted molar refractivity (Wildman–Crippen MR) is 126 cm³/mol. The monoisotopic (exact) mass is 446 g/mol. The van der Waals surface area contributed by atoms with Crippen LogP contribution in [0.15, 0.2) is 65.3 Å². The molecule has 0 saturated heterocycles. The molecule has 172 valence electrons. The molecule has 0 bridgehead atoms. The van der Waals surface area contributed by atoms with E-state index < -0.39 is 6.10 Å². The average Bonchev–Trinajstić information content (AvgIpc) is 3.36. The molecule has 3 aromatic rings. The zero-order chi connectivity index (χ0) is 23.4. The maximum absolute atomic E-state index is 13.3. The van der Waals surface area contributed by atoms with Gasteiger partial charge < -0.3 is 19.4 Å². The molecule has 0 saturated carbocycles. The number of hydrogen-bond acceptors (Lipinski definition) is 4. The Labute approximate surface area is 194 Å². The molecule has 2 amide bonds. The van der Waals surface area contributed by atoms with Crippen LogP contribution in [0.25, 0.3) is 0 Å². The molecule has 0 unspecified atom stereocenters. The van der Waals surface area contributed by atoms with Crippen LogP contribution in [0.1, 0.15) is 59.1 Å². The molecule has 2 aromatic carbocycles. The van der Waals surface area contributed by atoms with Gasteiger partial charge in [-0.1, -0.05) is 42.8 Å². The first-order valence-corrected chi connectivity index (χ1v) is 11.5. The Kier molecular flexibility index (Phi) is 6.82. The van der Waals surface area contributed by atoms with Gasteiger partial charge in [0, 0.05) is 13.1 Å². The highest BCUT2D eigenvalue weighted by molar-refractivity contribution is 5.92. The molecule has 33 heavy (non-hydrogen) atoms. The minimum Gasteiger partial charge on any atom is -0.481 e. The van der Waals surface area contributed by atoms with E-state index in [9.17, 15) is 9.59 Å². The smallest absolute Gasteiger partial charge is 0.290 e. The summed E-state index contributed by atoms with van der Waals surface area (Å²) in [5, 5.41) is 2.87. The molecule has 0 aliphatic carbocycles. The Morgan fingerprint density at radius 2 is 2.03 bits per heavy atom. The van der Waals surface area contributed by atoms with Gasteiger partial charge in [0.15, 0.2) is 11.9 Å². The van der Waals surface area contributed by atoms with E-state index in [0.29, 0.717) is 24.6 Å². The highest BCUT2D eigenvalue weighted by Crippen LogP contribution is 2.38. The number of carbonyl (C=O) groups excluding carboxylic acids is 2. The molecule has 1 aliphatic rings. The van der Waals surface area contributed by atoms with Gasteiger partial charge >= 0.3 is 0 Å². The lowest BCUT2D eigenvalue weighted by Crippen LogP contribution is -2.40. The van der Waals surface area contributed by atoms with Gasteiger partial charge in [0.2, 0.25) is 0 Å². The van der Waals surface area contributed by atoms with Gasteiger partial charge in [-0.15, -0.1) is 0 Å². The van der Waals surface area contributed by atoms with Crippen LogP contribution < -0.4 is 10.1 Å². The molecule has 6 heteroatoms. The second kappa shape index (κ2) is 9.94. The number of hydrogen-bond donors (Lipinski definition) is 1. The van der Waals surface area contributed by atoms with Crippen LogP contribution in [0, 0.1) is 6.92 Å². The fourth-order valence-corrected chi connectivity index (χ4v) is 4.28. The molecule has 4 rings (SSSR count). The van der Waals surface area contributed by atoms with E-state index in [1.165, 1.54) is 11.8 Å². The number of carbonyl (C=O) groups is 2. The van der Waals surface area contributed by atoms with Crippen molar-refractivity contribution in [1.29, 1.82) is 0 Å². The van der Waals surface area contributed by atoms with Crippen molar-refractivity contribution in [3.8, 4) is 5.75 Å². The largest absolute Gasteiger partial charge is 0.481 e. The van der Waals surface area contributed by atoms with E-state index in [1.54, 1.807) is 19.1 Å². The number of rotatable bonds is 7. The Morgan fingerprint density at radius 3 is 2.76 bits per heavy atom. The summed E-state index contributed by atoms with van der Waals surface area (Å²) in [5.74, 6) is 0.651. The summed E-state index contributed by atoms with van der Waals surface area (Å²) in [7, 11) is 0. The van der Waals surface area contributed by atoms with Crippen LogP contribution >= 0.6 is 0 Å². The Hall–Kier alpha value is -3.54. The van der Waals surface area contributed by atoms with E-state index >= 15 is 0 Å². The first-order valence-electron chi connectivity index (χ1n) is 11.5. The van der Waals surface area contributed by atoms with Crippen LogP contribution in [0.5, 0.6) is 5.75 Å². The van der Waals surface area contributed by atoms with Crippen LogP contribution in [-0.4, -0.2) is 35.9 Å². The van der Waals surface area contributed by atoms with Crippen molar-refractivity contribution in [2.24, 2.45) is 0 Å². The third-order valence-corrected chi connectivity index (χ3v) is 5.93. The number of aryl methyl sites for hydroxylation is 1. The molecule has 0 spiro atoms. The second-order valence-electron chi connectivity index (χ2n) is 8.45. The van der Waals surface area contributed by atoms with E-state index in [-0.39, 0.29) is 17.9 Å². The van der Waals surface area contributed by atoms with Crippen molar-refractivity contribution in [1.82, 2.24) is 10.2 Å². The van der Waals surface area contributed by atoms with E-state index in [2.05, 4.69) is 11.4 Å². The Bertz CT molecular complexity index is 1120. The molecule has 2 heterocycles. The number of nitrogens with one attached hydrogen (secondary N) is 1. The number of fused-ring (bicyclic) bond motifs is 1. The lowest BCUT2D eigenvalue weighted by Gasteiger charge is -2.37. The van der Waals surface area contributed by atoms with Crippen molar-refractivity contribution in [3.63, 3.8) is 0 Å². The van der Waals surface area contributed by atoms with Gasteiger partial charge in [-0.3, -0.25) is 9.59 Å². The summed E-state index contributed by atoms with van der Waals surface area (Å²) in [4.78, 5) is 27.5. The summed E-state index contributed by atoms with van der Waals surface area (Å²) in [5.41, 5.74) is 4.33. The van der Waals surface area contributed by atoms with E-state index in [4.69, 9.17) is 9.15 Å². The van der Waals surface area contributed by atoms with Crippen LogP contribution in [0.4, 0.5) is 0 Å². The highest BCUT2D eigenvalue weighted by Gasteiger charge is 2.34. The molecule has 6 nitrogen and oxygen atoms in total. The summed E-state index contributed by atoms with van der Waals surface area (Å²) in [6, 6.07) is 17.3. The predicted octanol–water partition coefficient (Wildman–Crippen LogP) is 4.67. The highest BCUT2D eigenvalue weighted by atomic mass is 16.5. The Morgan fingerprint density at radius 1 is 1.18 bits per heavy atom. The lowest BCUT2D eigenvalue weighted by atomic mass is 9.87. The normalized spacial score (nSPS) is 16.1. The number of ether oxygens (including phenoxy) is 1. The molecule has 1 N–H and O–H groups in total. The van der Waals surface area contributed by atoms with Crippen molar-refractivity contribution in [3.05, 3.63) is 88.9 Å². The summed E-state index contributed by atoms with van der Waals surface area (Å²) >= 11 is 0. The molecule has 0 radical (unpaired) electrons. The third-order valence-electron chi connectivity index (χ3n) is 5.93. The number of nitrogens with zero attached hydrogens (tertiary/aromatic N) is 1. The van der Waals surface area contributed by atoms with Crippen molar-refractivity contribution < 1.29 is 18.7 Å². The molecular weight excluding hydrogens is 416 g/mol. The van der Waals surface area contributed by atoms with E-state index in [0.717, 1.165) is 29.5 Å². The summed E-state index contributed by atoms with van der Waals surface area (Å²) < 4.78 is 11.4. The van der Waals surface area contributed by atoms with Crippen molar-refractivity contribution >= 4 is 11.8 Å². The fraction of sp³-hybridized carbons (Fsp3) is 0.333. The first kappa shape index (κ1) is 22.6. The van der Waals surface area contributed by atoms with Gasteiger partial charge in [0.1, 0.15) is 5.75 Å². The lowest BCUT2D eigenvalue weighted by molar-refractivity contribution is -0.127. The van der Waals surface area contributed by atoms with Gasteiger partial charge in [0.25, 0.3) is 11.8 Å². The van der Waals surface area contributed by atoms with Gasteiger partial charge in [-0.25, -0.2) is 0 Å². The molecular formula is C27H30N2O4. The standard InChI is InChI=1S/C27H30N2O4/c1-4-13-28-26(30)19(3)33-22-11-10-20-12-14-29(27(31)24-9-6-15-32-24)25(23(20)17-22)21-8-5-7-18(2)16-21/h5-11,15-17,19,25H,4,12-14H2,1-3H3,(H,28,30)/t19-,25+/m0/s1. The summed E-state index contributed by atoms with van der Waals surface area (Å²) in [6.45, 7) is 7.00. The number of benzene rings is 2. The van der Waals surface area contributed by atoms with E-state index in [1.807, 2.05) is 55.1 Å². The first-order chi connectivity index (χ1) is 16.0. The van der Waals surface area contributed by atoms with Gasteiger partial charge in [-0.2, -0.15) is 0 Å². The van der Waals surface area contributed by atoms with Crippen molar-refractivity contribution in [2.75, 3.05) is 13.1 Å². The van der Waals surface area contributed by atoms with Gasteiger partial charge in [0.05, 0.1) is 12.3 Å². The zero-order valence-corrected chi connectivity index (χ0v) is 19.3. The minimum absolute atomic E-state index is 0.139. The SMILES string of the molecule is CCCNC(=O)[C@H](C)Oc1ccc2c(c1)[C@@H](c1cccc(C)c1)N(C(=O)c1ccco1)CC2. The molecule has 1 aliphatic heterocycles. The Balaban J connectivity index is 1.69. The second-order valence-corrected chi connectivity index (χ2v) is 8.45. The number of furan rings is 1. The van der Waals surface area contributed by atoms with Gasteiger partial charge in [-0.05, 0) is 67.6 Å². The van der Waals surface area contributed by atoms with Crippen LogP contribution in [0.3, 0.4) is 0 Å². The average molecular weight is 447 g/mol. The van der Waals surface area contributed by atoms with Crippen LogP contribution in [-0.2, 0) is 11.2 Å². The quantitative estimate of drug-likeness (QED) is 0.573. The summed E-state index contributed by atoms with van der Waals surface area (Å²) in [6.07, 6.45) is 2.51. The minimum atomic E-state index is -0.614. The molecule has 0 fully saturated rings. The maximum atomic E-state index is 13.3. The zero-order valence-electron chi connectivity index (χ0n) is 19.3. The third kappa shape index (κ3) is 4.95. The molecule has 2 atom stereocenters. The molecule has 1 aromatic heterocycles. The fourth-order valence-electron chi connectivity index (χ4n) is 4.28.